The lowest BCUT2D eigenvalue weighted by atomic mass is 9.96. The highest BCUT2D eigenvalue weighted by Gasteiger charge is 2.52. The van der Waals surface area contributed by atoms with E-state index < -0.39 is 24.0 Å². The highest BCUT2D eigenvalue weighted by Crippen LogP contribution is 2.38. The molecule has 0 unspecified atom stereocenters. The van der Waals surface area contributed by atoms with Gasteiger partial charge in [0.25, 0.3) is 0 Å². The number of hydrogen-bond donors (Lipinski definition) is 1. The molecule has 1 aromatic carbocycles. The number of rotatable bonds is 4. The molecule has 0 spiro atoms. The molecule has 1 saturated heterocycles. The van der Waals surface area contributed by atoms with Gasteiger partial charge in [-0.25, -0.2) is 4.68 Å². The minimum Gasteiger partial charge on any atom is -0.481 e. The third-order valence-electron chi connectivity index (χ3n) is 4.08. The van der Waals surface area contributed by atoms with Crippen molar-refractivity contribution in [1.82, 2.24) is 19.9 Å². The van der Waals surface area contributed by atoms with Crippen LogP contribution >= 0.6 is 0 Å². The second-order valence-corrected chi connectivity index (χ2v) is 5.78. The topological polar surface area (TPSA) is 71.2 Å². The zero-order chi connectivity index (χ0) is 17.3. The van der Waals surface area contributed by atoms with Crippen LogP contribution in [0.3, 0.4) is 0 Å². The van der Waals surface area contributed by atoms with Crippen LogP contribution in [0, 0.1) is 11.8 Å². The molecule has 9 heteroatoms. The molecule has 0 radical (unpaired) electrons. The van der Waals surface area contributed by atoms with E-state index in [1.807, 2.05) is 30.3 Å². The quantitative estimate of drug-likeness (QED) is 0.921. The predicted molar refractivity (Wildman–Crippen MR) is 77.3 cm³/mol. The molecule has 1 aliphatic heterocycles. The van der Waals surface area contributed by atoms with Crippen molar-refractivity contribution in [1.29, 1.82) is 0 Å². The number of nitrogens with zero attached hydrogens (tertiary/aromatic N) is 4. The molecular weight excluding hydrogens is 325 g/mol. The number of aromatic nitrogens is 3. The highest BCUT2D eigenvalue weighted by atomic mass is 19.4. The number of benzene rings is 1. The maximum atomic E-state index is 13.0. The molecule has 2 atom stereocenters. The molecule has 1 N–H and O–H groups in total. The fraction of sp³-hybridized carbons (Fsp3) is 0.400. The SMILES string of the molecule is O=C(O)[C@@H]1CN(Cc2cn(-c3ccccc3)nn2)C[C@H]1C(F)(F)F. The molecule has 1 aromatic heterocycles. The lowest BCUT2D eigenvalue weighted by Gasteiger charge is -2.18. The molecule has 0 aliphatic carbocycles. The number of carboxylic acids is 1. The molecule has 2 aromatic rings. The van der Waals surface area contributed by atoms with Crippen molar-refractivity contribution in [3.63, 3.8) is 0 Å². The van der Waals surface area contributed by atoms with Gasteiger partial charge in [0.2, 0.25) is 0 Å². The minimum absolute atomic E-state index is 0.128. The van der Waals surface area contributed by atoms with Crippen molar-refractivity contribution >= 4 is 5.97 Å². The van der Waals surface area contributed by atoms with Gasteiger partial charge >= 0.3 is 12.1 Å². The summed E-state index contributed by atoms with van der Waals surface area (Å²) in [5, 5.41) is 16.9. The van der Waals surface area contributed by atoms with Crippen LogP contribution in [0.15, 0.2) is 36.5 Å². The summed E-state index contributed by atoms with van der Waals surface area (Å²) in [5.74, 6) is -4.74. The van der Waals surface area contributed by atoms with Gasteiger partial charge < -0.3 is 5.11 Å². The number of alkyl halides is 3. The van der Waals surface area contributed by atoms with E-state index in [1.54, 1.807) is 6.20 Å². The van der Waals surface area contributed by atoms with Crippen LogP contribution in [0.4, 0.5) is 13.2 Å². The Bertz CT molecular complexity index is 717. The number of likely N-dealkylation sites (tertiary alicyclic amines) is 1. The zero-order valence-corrected chi connectivity index (χ0v) is 12.5. The lowest BCUT2D eigenvalue weighted by molar-refractivity contribution is -0.188. The Morgan fingerprint density at radius 2 is 1.96 bits per heavy atom. The van der Waals surface area contributed by atoms with Gasteiger partial charge in [-0.05, 0) is 12.1 Å². The normalized spacial score (nSPS) is 22.0. The highest BCUT2D eigenvalue weighted by molar-refractivity contribution is 5.71. The van der Waals surface area contributed by atoms with Crippen molar-refractivity contribution in [3.05, 3.63) is 42.2 Å². The molecule has 6 nitrogen and oxygen atoms in total. The first kappa shape index (κ1) is 16.4. The lowest BCUT2D eigenvalue weighted by Crippen LogP contribution is -2.33. The van der Waals surface area contributed by atoms with Crippen LogP contribution in [0.25, 0.3) is 5.69 Å². The number of carboxylic acid groups (broad SMARTS) is 1. The van der Waals surface area contributed by atoms with Gasteiger partial charge in [0.05, 0.1) is 29.4 Å². The van der Waals surface area contributed by atoms with Crippen LogP contribution in [0.5, 0.6) is 0 Å². The summed E-state index contributed by atoms with van der Waals surface area (Å²) in [7, 11) is 0. The zero-order valence-electron chi connectivity index (χ0n) is 12.5. The number of para-hydroxylation sites is 1. The van der Waals surface area contributed by atoms with Crippen molar-refractivity contribution in [2.45, 2.75) is 12.7 Å². The molecule has 0 bridgehead atoms. The summed E-state index contributed by atoms with van der Waals surface area (Å²) >= 11 is 0. The summed E-state index contributed by atoms with van der Waals surface area (Å²) in [6, 6.07) is 9.18. The third-order valence-corrected chi connectivity index (χ3v) is 4.08. The molecule has 1 aliphatic rings. The first-order chi connectivity index (χ1) is 11.3. The molecule has 0 saturated carbocycles. The van der Waals surface area contributed by atoms with Crippen LogP contribution in [0.1, 0.15) is 5.69 Å². The van der Waals surface area contributed by atoms with E-state index in [1.165, 1.54) is 9.58 Å². The standard InChI is InChI=1S/C15H15F3N4O2/c16-15(17,18)13-9-21(8-12(13)14(23)24)6-10-7-22(20-19-10)11-4-2-1-3-5-11/h1-5,7,12-13H,6,8-9H2,(H,23,24)/t12-,13-/m1/s1. The van der Waals surface area contributed by atoms with Crippen molar-refractivity contribution in [2.24, 2.45) is 11.8 Å². The van der Waals surface area contributed by atoms with Gasteiger partial charge in [-0.2, -0.15) is 13.2 Å². The number of aliphatic carboxylic acids is 1. The van der Waals surface area contributed by atoms with E-state index in [2.05, 4.69) is 10.3 Å². The monoisotopic (exact) mass is 340 g/mol. The summed E-state index contributed by atoms with van der Waals surface area (Å²) in [4.78, 5) is 12.5. The summed E-state index contributed by atoms with van der Waals surface area (Å²) in [6.45, 7) is -0.375. The molecular formula is C15H15F3N4O2. The van der Waals surface area contributed by atoms with E-state index >= 15 is 0 Å². The molecule has 128 valence electrons. The van der Waals surface area contributed by atoms with E-state index in [0.29, 0.717) is 5.69 Å². The number of carbonyl (C=O) groups is 1. The minimum atomic E-state index is -4.53. The molecule has 24 heavy (non-hydrogen) atoms. The van der Waals surface area contributed by atoms with Crippen LogP contribution in [-0.2, 0) is 11.3 Å². The summed E-state index contributed by atoms with van der Waals surface area (Å²) < 4.78 is 40.5. The predicted octanol–water partition coefficient (Wildman–Crippen LogP) is 1.96. The Balaban J connectivity index is 1.71. The Morgan fingerprint density at radius 3 is 2.54 bits per heavy atom. The fourth-order valence-corrected chi connectivity index (χ4v) is 2.90. The van der Waals surface area contributed by atoms with Crippen LogP contribution in [0.2, 0.25) is 0 Å². The Labute approximate surface area is 135 Å². The van der Waals surface area contributed by atoms with E-state index in [9.17, 15) is 18.0 Å². The summed E-state index contributed by atoms with van der Waals surface area (Å²) in [5.41, 5.74) is 1.28. The van der Waals surface area contributed by atoms with Gasteiger partial charge in [0.15, 0.2) is 0 Å². The third kappa shape index (κ3) is 3.40. The van der Waals surface area contributed by atoms with Crippen molar-refractivity contribution in [2.75, 3.05) is 13.1 Å². The first-order valence-electron chi connectivity index (χ1n) is 7.33. The van der Waals surface area contributed by atoms with Crippen LogP contribution in [-0.4, -0.2) is 50.2 Å². The van der Waals surface area contributed by atoms with Crippen molar-refractivity contribution < 1.29 is 23.1 Å². The van der Waals surface area contributed by atoms with E-state index in [4.69, 9.17) is 5.11 Å². The molecule has 3 rings (SSSR count). The fourth-order valence-electron chi connectivity index (χ4n) is 2.90. The summed E-state index contributed by atoms with van der Waals surface area (Å²) in [6.07, 6.45) is -2.90. The Hall–Kier alpha value is -2.42. The maximum absolute atomic E-state index is 13.0. The number of halogens is 3. The number of hydrogen-bond acceptors (Lipinski definition) is 4. The molecule has 1 fully saturated rings. The first-order valence-corrected chi connectivity index (χ1v) is 7.33. The van der Waals surface area contributed by atoms with Gasteiger partial charge in [0.1, 0.15) is 0 Å². The Morgan fingerprint density at radius 1 is 1.25 bits per heavy atom. The maximum Gasteiger partial charge on any atom is 0.393 e. The average molecular weight is 340 g/mol. The van der Waals surface area contributed by atoms with Gasteiger partial charge in [-0.1, -0.05) is 23.4 Å². The van der Waals surface area contributed by atoms with Gasteiger partial charge in [0, 0.05) is 19.6 Å². The van der Waals surface area contributed by atoms with Gasteiger partial charge in [-0.3, -0.25) is 9.69 Å². The average Bonchev–Trinajstić information content (AvgIpc) is 3.15. The largest absolute Gasteiger partial charge is 0.481 e. The smallest absolute Gasteiger partial charge is 0.393 e. The van der Waals surface area contributed by atoms with E-state index in [0.717, 1.165) is 5.69 Å². The van der Waals surface area contributed by atoms with Crippen LogP contribution < -0.4 is 0 Å². The molecule has 0 amide bonds. The second kappa shape index (κ2) is 6.23. The molecule has 2 heterocycles. The Kier molecular flexibility index (Phi) is 4.27. The van der Waals surface area contributed by atoms with Gasteiger partial charge in [-0.15, -0.1) is 5.10 Å². The second-order valence-electron chi connectivity index (χ2n) is 5.78. The van der Waals surface area contributed by atoms with E-state index in [-0.39, 0.29) is 19.6 Å². The van der Waals surface area contributed by atoms with Crippen molar-refractivity contribution in [3.8, 4) is 5.69 Å².